The maximum Gasteiger partial charge on any atom is 0.272 e. The van der Waals surface area contributed by atoms with E-state index in [-0.39, 0.29) is 30.6 Å². The molecule has 1 heterocycles. The van der Waals surface area contributed by atoms with Gasteiger partial charge in [0.15, 0.2) is 0 Å². The Balaban J connectivity index is 1.73. The number of rotatable bonds is 5. The third-order valence-corrected chi connectivity index (χ3v) is 3.33. The zero-order valence-corrected chi connectivity index (χ0v) is 12.2. The van der Waals surface area contributed by atoms with Crippen molar-refractivity contribution in [1.29, 1.82) is 0 Å². The Labute approximate surface area is 131 Å². The van der Waals surface area contributed by atoms with Crippen molar-refractivity contribution < 1.29 is 19.0 Å². The van der Waals surface area contributed by atoms with Crippen molar-refractivity contribution in [3.63, 3.8) is 0 Å². The van der Waals surface area contributed by atoms with E-state index >= 15 is 0 Å². The topological polar surface area (TPSA) is 74.3 Å². The van der Waals surface area contributed by atoms with Crippen LogP contribution in [0.3, 0.4) is 0 Å². The van der Waals surface area contributed by atoms with Crippen molar-refractivity contribution in [2.75, 3.05) is 18.5 Å². The number of aromatic nitrogens is 1. The van der Waals surface area contributed by atoms with Gasteiger partial charge in [-0.05, 0) is 42.5 Å². The first-order valence-electron chi connectivity index (χ1n) is 7.09. The maximum atomic E-state index is 13.7. The molecule has 0 spiro atoms. The number of amides is 1. The van der Waals surface area contributed by atoms with Crippen LogP contribution in [-0.2, 0) is 0 Å². The van der Waals surface area contributed by atoms with E-state index < -0.39 is 0 Å². The number of aliphatic hydroxyl groups is 1. The second-order valence-corrected chi connectivity index (χ2v) is 4.93. The van der Waals surface area contributed by atoms with E-state index in [1.54, 1.807) is 36.4 Å². The number of aliphatic hydroxyl groups excluding tert-OH is 1. The number of carbonyl (C=O) groups excluding carboxylic acids is 1. The zero-order valence-electron chi connectivity index (χ0n) is 12.2. The predicted octanol–water partition coefficient (Wildman–Crippen LogP) is 2.93. The highest BCUT2D eigenvalue weighted by molar-refractivity contribution is 6.06. The van der Waals surface area contributed by atoms with E-state index in [0.717, 1.165) is 0 Å². The number of halogens is 1. The fourth-order valence-electron chi connectivity index (χ4n) is 2.24. The SMILES string of the molecule is O=C(Nc1ccc(OCCO)cc1)c1cc2c(F)cccc2[nH]1. The quantitative estimate of drug-likeness (QED) is 0.678. The lowest BCUT2D eigenvalue weighted by atomic mass is 10.2. The zero-order chi connectivity index (χ0) is 16.2. The summed E-state index contributed by atoms with van der Waals surface area (Å²) in [6.45, 7) is 0.155. The van der Waals surface area contributed by atoms with E-state index in [1.807, 2.05) is 0 Å². The van der Waals surface area contributed by atoms with Crippen LogP contribution in [0.2, 0.25) is 0 Å². The van der Waals surface area contributed by atoms with Crippen LogP contribution < -0.4 is 10.1 Å². The van der Waals surface area contributed by atoms with Crippen LogP contribution in [0, 0.1) is 5.82 Å². The molecular weight excluding hydrogens is 299 g/mol. The van der Waals surface area contributed by atoms with Gasteiger partial charge in [-0.15, -0.1) is 0 Å². The molecule has 0 aliphatic rings. The molecule has 3 N–H and O–H groups in total. The Morgan fingerprint density at radius 3 is 2.70 bits per heavy atom. The molecule has 23 heavy (non-hydrogen) atoms. The molecule has 0 saturated heterocycles. The number of hydrogen-bond donors (Lipinski definition) is 3. The van der Waals surface area contributed by atoms with Crippen LogP contribution >= 0.6 is 0 Å². The molecule has 5 nitrogen and oxygen atoms in total. The van der Waals surface area contributed by atoms with Gasteiger partial charge in [0.05, 0.1) is 6.61 Å². The summed E-state index contributed by atoms with van der Waals surface area (Å²) in [6, 6.07) is 12.9. The van der Waals surface area contributed by atoms with Gasteiger partial charge in [0.1, 0.15) is 23.9 Å². The lowest BCUT2D eigenvalue weighted by Gasteiger charge is -2.06. The molecule has 0 aliphatic heterocycles. The molecular formula is C17H15FN2O3. The van der Waals surface area contributed by atoms with Gasteiger partial charge in [-0.1, -0.05) is 6.07 Å². The van der Waals surface area contributed by atoms with Gasteiger partial charge < -0.3 is 20.1 Å². The molecule has 3 aromatic rings. The number of benzene rings is 2. The second kappa shape index (κ2) is 6.50. The van der Waals surface area contributed by atoms with Crippen molar-refractivity contribution in [3.8, 4) is 5.75 Å². The van der Waals surface area contributed by atoms with E-state index in [9.17, 15) is 9.18 Å². The van der Waals surface area contributed by atoms with Gasteiger partial charge in [0.25, 0.3) is 5.91 Å². The van der Waals surface area contributed by atoms with E-state index in [0.29, 0.717) is 22.3 Å². The summed E-state index contributed by atoms with van der Waals surface area (Å²) in [5, 5.41) is 11.8. The van der Waals surface area contributed by atoms with Crippen LogP contribution in [0.25, 0.3) is 10.9 Å². The summed E-state index contributed by atoms with van der Waals surface area (Å²) in [7, 11) is 0. The molecule has 2 aromatic carbocycles. The molecule has 1 amide bonds. The van der Waals surface area contributed by atoms with Crippen LogP contribution in [0.15, 0.2) is 48.5 Å². The Morgan fingerprint density at radius 1 is 1.22 bits per heavy atom. The fraction of sp³-hybridized carbons (Fsp3) is 0.118. The Kier molecular flexibility index (Phi) is 4.25. The highest BCUT2D eigenvalue weighted by atomic mass is 19.1. The Hall–Kier alpha value is -2.86. The largest absolute Gasteiger partial charge is 0.491 e. The fourth-order valence-corrected chi connectivity index (χ4v) is 2.24. The minimum atomic E-state index is -0.372. The molecule has 0 atom stereocenters. The summed E-state index contributed by atoms with van der Waals surface area (Å²) in [5.41, 5.74) is 1.44. The van der Waals surface area contributed by atoms with Gasteiger partial charge in [0, 0.05) is 16.6 Å². The molecule has 0 bridgehead atoms. The first kappa shape index (κ1) is 15.1. The van der Waals surface area contributed by atoms with Crippen LogP contribution in [-0.4, -0.2) is 29.2 Å². The molecule has 1 aromatic heterocycles. The normalized spacial score (nSPS) is 10.7. The number of H-pyrrole nitrogens is 1. The van der Waals surface area contributed by atoms with Crippen LogP contribution in [0.5, 0.6) is 5.75 Å². The molecule has 6 heteroatoms. The average Bonchev–Trinajstić information content (AvgIpc) is 3.00. The number of hydrogen-bond acceptors (Lipinski definition) is 3. The third kappa shape index (κ3) is 3.32. The van der Waals surface area contributed by atoms with Crippen LogP contribution in [0.4, 0.5) is 10.1 Å². The minimum absolute atomic E-state index is 0.0601. The number of ether oxygens (including phenoxy) is 1. The first-order valence-corrected chi connectivity index (χ1v) is 7.09. The molecule has 0 fully saturated rings. The van der Waals surface area contributed by atoms with Crippen molar-refractivity contribution in [2.24, 2.45) is 0 Å². The van der Waals surface area contributed by atoms with Crippen molar-refractivity contribution in [3.05, 3.63) is 60.0 Å². The van der Waals surface area contributed by atoms with Crippen molar-refractivity contribution in [2.45, 2.75) is 0 Å². The number of anilines is 1. The van der Waals surface area contributed by atoms with Gasteiger partial charge in [0.2, 0.25) is 0 Å². The molecule has 3 rings (SSSR count). The smallest absolute Gasteiger partial charge is 0.272 e. The summed E-state index contributed by atoms with van der Waals surface area (Å²) in [6.07, 6.45) is 0. The van der Waals surface area contributed by atoms with E-state index in [4.69, 9.17) is 9.84 Å². The molecule has 118 valence electrons. The van der Waals surface area contributed by atoms with Gasteiger partial charge in [-0.2, -0.15) is 0 Å². The summed E-state index contributed by atoms with van der Waals surface area (Å²) < 4.78 is 18.9. The lowest BCUT2D eigenvalue weighted by Crippen LogP contribution is -2.12. The Bertz CT molecular complexity index is 827. The number of aromatic amines is 1. The molecule has 0 aliphatic carbocycles. The predicted molar refractivity (Wildman–Crippen MR) is 85.2 cm³/mol. The molecule has 0 radical (unpaired) electrons. The standard InChI is InChI=1S/C17H15FN2O3/c18-14-2-1-3-15-13(14)10-16(20-15)17(22)19-11-4-6-12(7-5-11)23-9-8-21/h1-7,10,20-21H,8-9H2,(H,19,22). The summed E-state index contributed by atoms with van der Waals surface area (Å²) in [4.78, 5) is 15.1. The third-order valence-electron chi connectivity index (χ3n) is 3.33. The lowest BCUT2D eigenvalue weighted by molar-refractivity contribution is 0.102. The van der Waals surface area contributed by atoms with Gasteiger partial charge >= 0.3 is 0 Å². The monoisotopic (exact) mass is 314 g/mol. The highest BCUT2D eigenvalue weighted by Gasteiger charge is 2.12. The van der Waals surface area contributed by atoms with E-state index in [2.05, 4.69) is 10.3 Å². The highest BCUT2D eigenvalue weighted by Crippen LogP contribution is 2.20. The average molecular weight is 314 g/mol. The first-order chi connectivity index (χ1) is 11.2. The molecule has 0 unspecified atom stereocenters. The van der Waals surface area contributed by atoms with E-state index in [1.165, 1.54) is 12.1 Å². The number of fused-ring (bicyclic) bond motifs is 1. The summed E-state index contributed by atoms with van der Waals surface area (Å²) in [5.74, 6) is -0.127. The van der Waals surface area contributed by atoms with Crippen molar-refractivity contribution in [1.82, 2.24) is 4.98 Å². The maximum absolute atomic E-state index is 13.7. The second-order valence-electron chi connectivity index (χ2n) is 4.93. The summed E-state index contributed by atoms with van der Waals surface area (Å²) >= 11 is 0. The minimum Gasteiger partial charge on any atom is -0.491 e. The van der Waals surface area contributed by atoms with Crippen LogP contribution in [0.1, 0.15) is 10.5 Å². The Morgan fingerprint density at radius 2 is 2.00 bits per heavy atom. The number of nitrogens with one attached hydrogen (secondary N) is 2. The molecule has 0 saturated carbocycles. The number of carbonyl (C=O) groups is 1. The van der Waals surface area contributed by atoms with Gasteiger partial charge in [-0.3, -0.25) is 4.79 Å². The van der Waals surface area contributed by atoms with Crippen molar-refractivity contribution >= 4 is 22.5 Å². The van der Waals surface area contributed by atoms with Gasteiger partial charge in [-0.25, -0.2) is 4.39 Å².